The van der Waals surface area contributed by atoms with Crippen molar-refractivity contribution in [2.45, 2.75) is 38.6 Å². The highest BCUT2D eigenvalue weighted by Crippen LogP contribution is 2.24. The number of halogens is 1. The summed E-state index contributed by atoms with van der Waals surface area (Å²) in [5, 5.41) is 3.55. The van der Waals surface area contributed by atoms with Gasteiger partial charge in [-0.25, -0.2) is 0 Å². The monoisotopic (exact) mass is 281 g/mol. The van der Waals surface area contributed by atoms with Crippen LogP contribution < -0.4 is 10.1 Å². The van der Waals surface area contributed by atoms with Crippen molar-refractivity contribution in [3.63, 3.8) is 0 Å². The Balaban J connectivity index is 1.74. The Bertz CT molecular complexity index is 428. The number of hydrogen-bond acceptors (Lipinski definition) is 2. The number of amides is 1. The zero-order chi connectivity index (χ0) is 13.7. The zero-order valence-corrected chi connectivity index (χ0v) is 12.0. The molecule has 1 aromatic carbocycles. The summed E-state index contributed by atoms with van der Waals surface area (Å²) in [7, 11) is 0. The molecule has 3 nitrogen and oxygen atoms in total. The molecule has 2 rings (SSSR count). The fourth-order valence-corrected chi connectivity index (χ4v) is 2.57. The summed E-state index contributed by atoms with van der Waals surface area (Å²) >= 11 is 5.96. The Kier molecular flexibility index (Phi) is 5.08. The third-order valence-electron chi connectivity index (χ3n) is 3.58. The molecule has 0 spiro atoms. The van der Waals surface area contributed by atoms with Crippen molar-refractivity contribution in [1.29, 1.82) is 0 Å². The molecule has 1 N–H and O–H groups in total. The van der Waals surface area contributed by atoms with E-state index in [2.05, 4.69) is 12.2 Å². The van der Waals surface area contributed by atoms with Crippen LogP contribution in [0.4, 0.5) is 0 Å². The van der Waals surface area contributed by atoms with Crippen LogP contribution in [0.5, 0.6) is 5.75 Å². The normalized spacial score (nSPS) is 22.8. The van der Waals surface area contributed by atoms with Crippen molar-refractivity contribution in [2.75, 3.05) is 6.61 Å². The van der Waals surface area contributed by atoms with Gasteiger partial charge in [-0.3, -0.25) is 4.79 Å². The molecule has 19 heavy (non-hydrogen) atoms. The van der Waals surface area contributed by atoms with Crippen molar-refractivity contribution >= 4 is 17.5 Å². The zero-order valence-electron chi connectivity index (χ0n) is 11.2. The smallest absolute Gasteiger partial charge is 0.258 e. The van der Waals surface area contributed by atoms with Crippen LogP contribution >= 0.6 is 11.6 Å². The number of rotatable bonds is 4. The van der Waals surface area contributed by atoms with Crippen LogP contribution in [0.25, 0.3) is 0 Å². The highest BCUT2D eigenvalue weighted by molar-refractivity contribution is 6.32. The van der Waals surface area contributed by atoms with Gasteiger partial charge < -0.3 is 10.1 Å². The molecule has 0 heterocycles. The summed E-state index contributed by atoms with van der Waals surface area (Å²) in [5.74, 6) is 1.27. The fourth-order valence-electron chi connectivity index (χ4n) is 2.38. The van der Waals surface area contributed by atoms with E-state index in [4.69, 9.17) is 16.3 Å². The first-order chi connectivity index (χ1) is 9.15. The van der Waals surface area contributed by atoms with Gasteiger partial charge >= 0.3 is 0 Å². The average Bonchev–Trinajstić information content (AvgIpc) is 2.40. The summed E-state index contributed by atoms with van der Waals surface area (Å²) in [4.78, 5) is 11.8. The van der Waals surface area contributed by atoms with Crippen LogP contribution in [0.3, 0.4) is 0 Å². The number of nitrogens with one attached hydrogen (secondary N) is 1. The SMILES string of the molecule is CC1CCC(NC(=O)COc2ccccc2Cl)CC1. The summed E-state index contributed by atoms with van der Waals surface area (Å²) in [6.45, 7) is 2.29. The summed E-state index contributed by atoms with van der Waals surface area (Å²) < 4.78 is 5.42. The summed E-state index contributed by atoms with van der Waals surface area (Å²) in [6.07, 6.45) is 4.52. The Morgan fingerprint density at radius 2 is 2.00 bits per heavy atom. The van der Waals surface area contributed by atoms with Crippen LogP contribution in [0.2, 0.25) is 5.02 Å². The maximum atomic E-state index is 11.8. The predicted molar refractivity (Wildman–Crippen MR) is 76.5 cm³/mol. The molecule has 104 valence electrons. The highest BCUT2D eigenvalue weighted by atomic mass is 35.5. The maximum absolute atomic E-state index is 11.8. The molecule has 1 aliphatic carbocycles. The Morgan fingerprint density at radius 1 is 1.32 bits per heavy atom. The summed E-state index contributed by atoms with van der Waals surface area (Å²) in [6, 6.07) is 7.48. The van der Waals surface area contributed by atoms with Gasteiger partial charge in [0.05, 0.1) is 5.02 Å². The number of ether oxygens (including phenoxy) is 1. The molecule has 0 saturated heterocycles. The van der Waals surface area contributed by atoms with Crippen LogP contribution in [0.15, 0.2) is 24.3 Å². The molecule has 4 heteroatoms. The number of carbonyl (C=O) groups is 1. The molecule has 1 aliphatic rings. The van der Waals surface area contributed by atoms with Gasteiger partial charge in [0.2, 0.25) is 0 Å². The van der Waals surface area contributed by atoms with E-state index in [1.807, 2.05) is 12.1 Å². The van der Waals surface area contributed by atoms with Gasteiger partial charge in [0.1, 0.15) is 5.75 Å². The van der Waals surface area contributed by atoms with Crippen molar-refractivity contribution in [1.82, 2.24) is 5.32 Å². The first-order valence-electron chi connectivity index (χ1n) is 6.82. The number of hydrogen-bond donors (Lipinski definition) is 1. The first kappa shape index (κ1) is 14.2. The van der Waals surface area contributed by atoms with E-state index in [1.165, 1.54) is 12.8 Å². The van der Waals surface area contributed by atoms with E-state index in [0.717, 1.165) is 18.8 Å². The number of benzene rings is 1. The molecule has 1 amide bonds. The maximum Gasteiger partial charge on any atom is 0.258 e. The van der Waals surface area contributed by atoms with Gasteiger partial charge in [0, 0.05) is 6.04 Å². The Labute approximate surface area is 119 Å². The first-order valence-corrected chi connectivity index (χ1v) is 7.19. The molecule has 0 aliphatic heterocycles. The van der Waals surface area contributed by atoms with Crippen LogP contribution in [-0.4, -0.2) is 18.6 Å². The molecular weight excluding hydrogens is 262 g/mol. The molecular formula is C15H20ClNO2. The third-order valence-corrected chi connectivity index (χ3v) is 3.89. The molecule has 1 saturated carbocycles. The topological polar surface area (TPSA) is 38.3 Å². The van der Waals surface area contributed by atoms with E-state index in [0.29, 0.717) is 16.8 Å². The van der Waals surface area contributed by atoms with Crippen molar-refractivity contribution in [2.24, 2.45) is 5.92 Å². The summed E-state index contributed by atoms with van der Waals surface area (Å²) in [5.41, 5.74) is 0. The van der Waals surface area contributed by atoms with Gasteiger partial charge in [-0.1, -0.05) is 30.7 Å². The lowest BCUT2D eigenvalue weighted by Crippen LogP contribution is -2.39. The second kappa shape index (κ2) is 6.80. The van der Waals surface area contributed by atoms with Crippen molar-refractivity contribution in [3.05, 3.63) is 29.3 Å². The third kappa shape index (κ3) is 4.43. The van der Waals surface area contributed by atoms with E-state index in [-0.39, 0.29) is 12.5 Å². The standard InChI is InChI=1S/C15H20ClNO2/c1-11-6-8-12(9-7-11)17-15(18)10-19-14-5-3-2-4-13(14)16/h2-5,11-12H,6-10H2,1H3,(H,17,18). The lowest BCUT2D eigenvalue weighted by Gasteiger charge is -2.26. The molecule has 1 aromatic rings. The lowest BCUT2D eigenvalue weighted by atomic mass is 9.87. The van der Waals surface area contributed by atoms with E-state index >= 15 is 0 Å². The minimum absolute atomic E-state index is 0.0236. The second-order valence-corrected chi connectivity index (χ2v) is 5.65. The Hall–Kier alpha value is -1.22. The molecule has 0 bridgehead atoms. The molecule has 0 atom stereocenters. The van der Waals surface area contributed by atoms with Gasteiger partial charge in [-0.05, 0) is 43.7 Å². The number of para-hydroxylation sites is 1. The molecule has 0 aromatic heterocycles. The average molecular weight is 282 g/mol. The van der Waals surface area contributed by atoms with Crippen LogP contribution in [0.1, 0.15) is 32.6 Å². The van der Waals surface area contributed by atoms with Crippen LogP contribution in [0, 0.1) is 5.92 Å². The fraction of sp³-hybridized carbons (Fsp3) is 0.533. The minimum atomic E-state index is -0.0699. The van der Waals surface area contributed by atoms with Gasteiger partial charge in [0.25, 0.3) is 5.91 Å². The molecule has 0 unspecified atom stereocenters. The highest BCUT2D eigenvalue weighted by Gasteiger charge is 2.19. The van der Waals surface area contributed by atoms with E-state index in [9.17, 15) is 4.79 Å². The quantitative estimate of drug-likeness (QED) is 0.918. The second-order valence-electron chi connectivity index (χ2n) is 5.24. The van der Waals surface area contributed by atoms with Crippen LogP contribution in [-0.2, 0) is 4.79 Å². The molecule has 1 fully saturated rings. The Morgan fingerprint density at radius 3 is 2.68 bits per heavy atom. The van der Waals surface area contributed by atoms with Crippen molar-refractivity contribution in [3.8, 4) is 5.75 Å². The lowest BCUT2D eigenvalue weighted by molar-refractivity contribution is -0.124. The van der Waals surface area contributed by atoms with Gasteiger partial charge in [0.15, 0.2) is 6.61 Å². The largest absolute Gasteiger partial charge is 0.482 e. The van der Waals surface area contributed by atoms with Gasteiger partial charge in [-0.2, -0.15) is 0 Å². The van der Waals surface area contributed by atoms with Crippen molar-refractivity contribution < 1.29 is 9.53 Å². The number of carbonyl (C=O) groups excluding carboxylic acids is 1. The minimum Gasteiger partial charge on any atom is -0.482 e. The van der Waals surface area contributed by atoms with Gasteiger partial charge in [-0.15, -0.1) is 0 Å². The predicted octanol–water partition coefficient (Wildman–Crippen LogP) is 3.41. The molecule has 0 radical (unpaired) electrons. The van der Waals surface area contributed by atoms with E-state index in [1.54, 1.807) is 12.1 Å². The van der Waals surface area contributed by atoms with E-state index < -0.39 is 0 Å².